The van der Waals surface area contributed by atoms with Gasteiger partial charge in [-0.25, -0.2) is 14.8 Å². The zero-order chi connectivity index (χ0) is 16.8. The zero-order valence-electron chi connectivity index (χ0n) is 13.6. The molecule has 4 aromatic rings. The van der Waals surface area contributed by atoms with Crippen LogP contribution in [0.25, 0.3) is 16.8 Å². The first kappa shape index (κ1) is 14.4. The van der Waals surface area contributed by atoms with Crippen LogP contribution in [0.1, 0.15) is 17.2 Å². The molecule has 0 amide bonds. The number of nitrogens with zero attached hydrogens (tertiary/aromatic N) is 5. The van der Waals surface area contributed by atoms with Gasteiger partial charge in [0.1, 0.15) is 23.7 Å². The first-order valence-electron chi connectivity index (χ1n) is 7.53. The van der Waals surface area contributed by atoms with Crippen LogP contribution in [0.4, 0.5) is 0 Å². The number of fused-ring (bicyclic) bond motifs is 3. The summed E-state index contributed by atoms with van der Waals surface area (Å²) in [5.74, 6) is 1.89. The summed E-state index contributed by atoms with van der Waals surface area (Å²) in [5.41, 5.74) is 2.56. The molecule has 0 bridgehead atoms. The van der Waals surface area contributed by atoms with E-state index in [1.165, 1.54) is 9.08 Å². The van der Waals surface area contributed by atoms with E-state index in [4.69, 9.17) is 4.74 Å². The third-order valence-corrected chi connectivity index (χ3v) is 3.85. The highest BCUT2D eigenvalue weighted by molar-refractivity contribution is 5.85. The van der Waals surface area contributed by atoms with Gasteiger partial charge in [0.05, 0.1) is 0 Å². The van der Waals surface area contributed by atoms with Crippen molar-refractivity contribution in [3.05, 3.63) is 52.0 Å². The molecule has 0 aliphatic heterocycles. The second kappa shape index (κ2) is 5.19. The number of benzene rings is 1. The lowest BCUT2D eigenvalue weighted by atomic mass is 10.2. The van der Waals surface area contributed by atoms with E-state index in [9.17, 15) is 4.79 Å². The van der Waals surface area contributed by atoms with Crippen LogP contribution < -0.4 is 10.4 Å². The summed E-state index contributed by atoms with van der Waals surface area (Å²) >= 11 is 0. The Kier molecular flexibility index (Phi) is 3.12. The quantitative estimate of drug-likeness (QED) is 0.617. The van der Waals surface area contributed by atoms with Crippen LogP contribution in [0.3, 0.4) is 0 Å². The Morgan fingerprint density at radius 3 is 2.62 bits per heavy atom. The molecule has 0 saturated carbocycles. The molecule has 122 valence electrons. The van der Waals surface area contributed by atoms with Gasteiger partial charge in [-0.1, -0.05) is 17.7 Å². The molecule has 3 heterocycles. The average Bonchev–Trinajstić information content (AvgIpc) is 3.16. The van der Waals surface area contributed by atoms with Crippen molar-refractivity contribution in [3.63, 3.8) is 0 Å². The van der Waals surface area contributed by atoms with Gasteiger partial charge in [-0.05, 0) is 26.0 Å². The van der Waals surface area contributed by atoms with Crippen LogP contribution in [-0.4, -0.2) is 29.1 Å². The standard InChI is InChI=1S/C16H16N6O2/c1-9-4-6-11(7-5-9)24-8-12-19-15-13-14(18-10(2)17-13)21(3)16(23)22(15)20-12/h4-7H,8H2,1-3H3,(H,17,18). The van der Waals surface area contributed by atoms with Gasteiger partial charge in [0, 0.05) is 7.05 Å². The maximum atomic E-state index is 12.4. The van der Waals surface area contributed by atoms with Crippen LogP contribution in [0.2, 0.25) is 0 Å². The molecule has 0 atom stereocenters. The molecule has 1 N–H and O–H groups in total. The van der Waals surface area contributed by atoms with Crippen molar-refractivity contribution in [1.29, 1.82) is 0 Å². The number of aryl methyl sites for hydroxylation is 3. The second-order valence-electron chi connectivity index (χ2n) is 5.73. The first-order chi connectivity index (χ1) is 11.5. The van der Waals surface area contributed by atoms with Crippen molar-refractivity contribution in [2.45, 2.75) is 20.5 Å². The molecule has 3 aromatic heterocycles. The van der Waals surface area contributed by atoms with E-state index < -0.39 is 0 Å². The Morgan fingerprint density at radius 2 is 1.88 bits per heavy atom. The van der Waals surface area contributed by atoms with Crippen LogP contribution in [0.15, 0.2) is 29.1 Å². The minimum atomic E-state index is -0.293. The van der Waals surface area contributed by atoms with Gasteiger partial charge in [-0.15, -0.1) is 5.10 Å². The lowest BCUT2D eigenvalue weighted by Gasteiger charge is -2.02. The molecule has 8 heteroatoms. The minimum Gasteiger partial charge on any atom is -0.486 e. The molecule has 8 nitrogen and oxygen atoms in total. The zero-order valence-corrected chi connectivity index (χ0v) is 13.6. The maximum absolute atomic E-state index is 12.4. The van der Waals surface area contributed by atoms with Crippen molar-refractivity contribution in [2.24, 2.45) is 7.05 Å². The molecule has 0 aliphatic rings. The van der Waals surface area contributed by atoms with E-state index in [1.807, 2.05) is 38.1 Å². The maximum Gasteiger partial charge on any atom is 0.352 e. The van der Waals surface area contributed by atoms with Crippen molar-refractivity contribution in [1.82, 2.24) is 29.1 Å². The predicted octanol–water partition coefficient (Wildman–Crippen LogP) is 1.50. The second-order valence-corrected chi connectivity index (χ2v) is 5.73. The van der Waals surface area contributed by atoms with Crippen molar-refractivity contribution >= 4 is 16.8 Å². The summed E-state index contributed by atoms with van der Waals surface area (Å²) < 4.78 is 8.41. The molecular formula is C16H16N6O2. The van der Waals surface area contributed by atoms with E-state index in [-0.39, 0.29) is 12.3 Å². The summed E-state index contributed by atoms with van der Waals surface area (Å²) in [7, 11) is 1.66. The molecule has 0 aliphatic carbocycles. The highest BCUT2D eigenvalue weighted by Crippen LogP contribution is 2.16. The molecule has 1 aromatic carbocycles. The number of hydrogen-bond donors (Lipinski definition) is 1. The number of ether oxygens (including phenoxy) is 1. The smallest absolute Gasteiger partial charge is 0.352 e. The molecule has 24 heavy (non-hydrogen) atoms. The van der Waals surface area contributed by atoms with Gasteiger partial charge in [0.15, 0.2) is 17.1 Å². The van der Waals surface area contributed by atoms with Crippen molar-refractivity contribution < 1.29 is 4.74 Å². The Bertz CT molecular complexity index is 1100. The van der Waals surface area contributed by atoms with Gasteiger partial charge in [-0.3, -0.25) is 4.57 Å². The Labute approximate surface area is 136 Å². The number of rotatable bonds is 3. The Morgan fingerprint density at radius 1 is 1.12 bits per heavy atom. The molecule has 0 saturated heterocycles. The monoisotopic (exact) mass is 324 g/mol. The number of aromatic amines is 1. The summed E-state index contributed by atoms with van der Waals surface area (Å²) in [6, 6.07) is 7.72. The topological polar surface area (TPSA) is 90.1 Å². The van der Waals surface area contributed by atoms with Crippen LogP contribution in [0.5, 0.6) is 5.75 Å². The average molecular weight is 324 g/mol. The number of H-pyrrole nitrogens is 1. The minimum absolute atomic E-state index is 0.183. The number of aromatic nitrogens is 6. The third-order valence-electron chi connectivity index (χ3n) is 3.85. The van der Waals surface area contributed by atoms with Gasteiger partial charge in [0.2, 0.25) is 0 Å². The fraction of sp³-hybridized carbons (Fsp3) is 0.250. The van der Waals surface area contributed by atoms with Crippen LogP contribution in [0, 0.1) is 13.8 Å². The number of hydrogen-bond acceptors (Lipinski definition) is 5. The highest BCUT2D eigenvalue weighted by atomic mass is 16.5. The molecule has 0 fully saturated rings. The van der Waals surface area contributed by atoms with Gasteiger partial charge in [0.25, 0.3) is 0 Å². The Balaban J connectivity index is 1.75. The van der Waals surface area contributed by atoms with Crippen molar-refractivity contribution in [2.75, 3.05) is 0 Å². The molecule has 0 spiro atoms. The SMILES string of the molecule is Cc1ccc(OCc2nc3c4[nH]c(C)nc4n(C)c(=O)n3n2)cc1. The molecule has 0 unspecified atom stereocenters. The normalized spacial score (nSPS) is 11.5. The fourth-order valence-corrected chi connectivity index (χ4v) is 2.60. The Hall–Kier alpha value is -3.16. The van der Waals surface area contributed by atoms with Crippen LogP contribution in [-0.2, 0) is 13.7 Å². The van der Waals surface area contributed by atoms with Gasteiger partial charge >= 0.3 is 5.69 Å². The van der Waals surface area contributed by atoms with E-state index in [0.29, 0.717) is 28.5 Å². The van der Waals surface area contributed by atoms with E-state index in [0.717, 1.165) is 11.3 Å². The van der Waals surface area contributed by atoms with Gasteiger partial charge in [-0.2, -0.15) is 4.52 Å². The first-order valence-corrected chi connectivity index (χ1v) is 7.53. The van der Waals surface area contributed by atoms with E-state index in [2.05, 4.69) is 20.1 Å². The number of nitrogens with one attached hydrogen (secondary N) is 1. The molecule has 0 radical (unpaired) electrons. The summed E-state index contributed by atoms with van der Waals surface area (Å²) in [6.45, 7) is 4.03. The molecular weight excluding hydrogens is 308 g/mol. The lowest BCUT2D eigenvalue weighted by Crippen LogP contribution is -2.25. The predicted molar refractivity (Wildman–Crippen MR) is 88.1 cm³/mol. The fourth-order valence-electron chi connectivity index (χ4n) is 2.60. The summed E-state index contributed by atoms with van der Waals surface area (Å²) in [5, 5.41) is 4.26. The van der Waals surface area contributed by atoms with Crippen LogP contribution >= 0.6 is 0 Å². The summed E-state index contributed by atoms with van der Waals surface area (Å²) in [4.78, 5) is 24.3. The highest BCUT2D eigenvalue weighted by Gasteiger charge is 2.16. The molecule has 4 rings (SSSR count). The number of imidazole rings is 1. The van der Waals surface area contributed by atoms with Crippen molar-refractivity contribution in [3.8, 4) is 5.75 Å². The largest absolute Gasteiger partial charge is 0.486 e. The lowest BCUT2D eigenvalue weighted by molar-refractivity contribution is 0.296. The van der Waals surface area contributed by atoms with E-state index >= 15 is 0 Å². The van der Waals surface area contributed by atoms with E-state index in [1.54, 1.807) is 7.05 Å². The third kappa shape index (κ3) is 2.23. The van der Waals surface area contributed by atoms with Gasteiger partial charge < -0.3 is 9.72 Å². The summed E-state index contributed by atoms with van der Waals surface area (Å²) in [6.07, 6.45) is 0.